The lowest BCUT2D eigenvalue weighted by atomic mass is 9.77. The molecule has 30 heavy (non-hydrogen) atoms. The summed E-state index contributed by atoms with van der Waals surface area (Å²) in [6.45, 7) is 6.24. The van der Waals surface area contributed by atoms with Gasteiger partial charge in [-0.15, -0.1) is 0 Å². The van der Waals surface area contributed by atoms with E-state index < -0.39 is 23.9 Å². The standard InChI is InChI=1S/C23H29N3O4/c1-14-7-6-10-20(15(14)2)26-13-18(11-21(26)27)23(29)30-16(3)22(28)25-19-9-5-4-8-17(19)12-24/h4-5,8-9,14-16,18,20H,6-7,10-11,13H2,1-3H3,(H,25,28)/t14-,15-,16+,18-,20+/m1/s1. The predicted octanol–water partition coefficient (Wildman–Crippen LogP) is 3.10. The van der Waals surface area contributed by atoms with E-state index in [1.165, 1.54) is 13.3 Å². The number of nitrogens with zero attached hydrogens (tertiary/aromatic N) is 2. The summed E-state index contributed by atoms with van der Waals surface area (Å²) in [5, 5.41) is 11.7. The number of benzene rings is 1. The first-order valence-electron chi connectivity index (χ1n) is 10.6. The van der Waals surface area contributed by atoms with Gasteiger partial charge in [0.05, 0.1) is 17.2 Å². The minimum absolute atomic E-state index is 0.0112. The molecule has 1 aliphatic heterocycles. The van der Waals surface area contributed by atoms with Crippen LogP contribution in [-0.2, 0) is 19.1 Å². The first kappa shape index (κ1) is 21.8. The molecule has 0 radical (unpaired) electrons. The first-order chi connectivity index (χ1) is 14.3. The van der Waals surface area contributed by atoms with Crippen molar-refractivity contribution in [3.8, 4) is 6.07 Å². The number of nitrogens with one attached hydrogen (secondary N) is 1. The molecule has 160 valence electrons. The molecule has 2 fully saturated rings. The second-order valence-electron chi connectivity index (χ2n) is 8.51. The smallest absolute Gasteiger partial charge is 0.312 e. The summed E-state index contributed by atoms with van der Waals surface area (Å²) in [6, 6.07) is 8.80. The Labute approximate surface area is 177 Å². The molecule has 1 aromatic carbocycles. The third-order valence-corrected chi connectivity index (χ3v) is 6.52. The van der Waals surface area contributed by atoms with Crippen molar-refractivity contribution >= 4 is 23.5 Å². The van der Waals surface area contributed by atoms with Gasteiger partial charge in [0.25, 0.3) is 5.91 Å². The van der Waals surface area contributed by atoms with Crippen LogP contribution in [0.4, 0.5) is 5.69 Å². The molecule has 7 nitrogen and oxygen atoms in total. The molecule has 1 saturated heterocycles. The Morgan fingerprint density at radius 3 is 2.73 bits per heavy atom. The lowest BCUT2D eigenvalue weighted by Crippen LogP contribution is -2.45. The van der Waals surface area contributed by atoms with Crippen molar-refractivity contribution in [2.75, 3.05) is 11.9 Å². The van der Waals surface area contributed by atoms with Crippen LogP contribution < -0.4 is 5.32 Å². The van der Waals surface area contributed by atoms with E-state index in [4.69, 9.17) is 10.00 Å². The number of likely N-dealkylation sites (tertiary alicyclic amines) is 1. The number of carbonyl (C=O) groups is 3. The third kappa shape index (κ3) is 4.64. The Hall–Kier alpha value is -2.88. The van der Waals surface area contributed by atoms with E-state index in [9.17, 15) is 14.4 Å². The summed E-state index contributed by atoms with van der Waals surface area (Å²) in [7, 11) is 0. The van der Waals surface area contributed by atoms with Crippen molar-refractivity contribution in [3.05, 3.63) is 29.8 Å². The molecule has 1 N–H and O–H groups in total. The number of esters is 1. The van der Waals surface area contributed by atoms with E-state index in [1.807, 2.05) is 11.0 Å². The Morgan fingerprint density at radius 1 is 1.27 bits per heavy atom. The van der Waals surface area contributed by atoms with Gasteiger partial charge >= 0.3 is 5.97 Å². The number of anilines is 1. The molecule has 0 aromatic heterocycles. The zero-order chi connectivity index (χ0) is 21.8. The van der Waals surface area contributed by atoms with Crippen LogP contribution in [0.15, 0.2) is 24.3 Å². The lowest BCUT2D eigenvalue weighted by Gasteiger charge is -2.39. The fourth-order valence-corrected chi connectivity index (χ4v) is 4.45. The number of ether oxygens (including phenoxy) is 1. The average molecular weight is 412 g/mol. The average Bonchev–Trinajstić information content (AvgIpc) is 3.12. The summed E-state index contributed by atoms with van der Waals surface area (Å²) in [6.07, 6.45) is 2.34. The molecule has 2 amide bonds. The second kappa shape index (κ2) is 9.29. The molecule has 3 rings (SSSR count). The largest absolute Gasteiger partial charge is 0.452 e. The number of rotatable bonds is 5. The second-order valence-corrected chi connectivity index (χ2v) is 8.51. The molecule has 2 aliphatic rings. The van der Waals surface area contributed by atoms with Crippen molar-refractivity contribution in [2.24, 2.45) is 17.8 Å². The summed E-state index contributed by atoms with van der Waals surface area (Å²) in [4.78, 5) is 39.5. The highest BCUT2D eigenvalue weighted by molar-refractivity contribution is 5.96. The zero-order valence-corrected chi connectivity index (χ0v) is 17.8. The van der Waals surface area contributed by atoms with Crippen LogP contribution in [0.25, 0.3) is 0 Å². The van der Waals surface area contributed by atoms with Gasteiger partial charge in [-0.05, 0) is 37.3 Å². The van der Waals surface area contributed by atoms with Crippen LogP contribution in [-0.4, -0.2) is 41.4 Å². The summed E-state index contributed by atoms with van der Waals surface area (Å²) >= 11 is 0. The van der Waals surface area contributed by atoms with E-state index >= 15 is 0 Å². The van der Waals surface area contributed by atoms with E-state index in [1.54, 1.807) is 24.3 Å². The molecule has 1 heterocycles. The van der Waals surface area contributed by atoms with Crippen molar-refractivity contribution in [1.29, 1.82) is 5.26 Å². The molecule has 0 unspecified atom stereocenters. The molecular formula is C23H29N3O4. The minimum Gasteiger partial charge on any atom is -0.452 e. The summed E-state index contributed by atoms with van der Waals surface area (Å²) in [5.41, 5.74) is 0.702. The van der Waals surface area contributed by atoms with Gasteiger partial charge in [-0.3, -0.25) is 14.4 Å². The number of hydrogen-bond donors (Lipinski definition) is 1. The quantitative estimate of drug-likeness (QED) is 0.751. The van der Waals surface area contributed by atoms with Gasteiger partial charge in [0.2, 0.25) is 5.91 Å². The monoisotopic (exact) mass is 411 g/mol. The van der Waals surface area contributed by atoms with Crippen molar-refractivity contribution in [1.82, 2.24) is 4.90 Å². The molecular weight excluding hydrogens is 382 g/mol. The number of amides is 2. The van der Waals surface area contributed by atoms with Gasteiger partial charge in [0.1, 0.15) is 6.07 Å². The van der Waals surface area contributed by atoms with Gasteiger partial charge < -0.3 is 15.0 Å². The van der Waals surface area contributed by atoms with E-state index in [0.29, 0.717) is 29.6 Å². The van der Waals surface area contributed by atoms with Gasteiger partial charge in [-0.2, -0.15) is 5.26 Å². The molecule has 0 bridgehead atoms. The molecule has 7 heteroatoms. The van der Waals surface area contributed by atoms with Crippen LogP contribution in [0.2, 0.25) is 0 Å². The van der Waals surface area contributed by atoms with E-state index in [2.05, 4.69) is 19.2 Å². The molecule has 0 spiro atoms. The predicted molar refractivity (Wildman–Crippen MR) is 111 cm³/mol. The van der Waals surface area contributed by atoms with Crippen molar-refractivity contribution in [3.63, 3.8) is 0 Å². The minimum atomic E-state index is -1.03. The highest BCUT2D eigenvalue weighted by Gasteiger charge is 2.42. The molecule has 1 saturated carbocycles. The van der Waals surface area contributed by atoms with Crippen LogP contribution in [0.3, 0.4) is 0 Å². The fourth-order valence-electron chi connectivity index (χ4n) is 4.45. The van der Waals surface area contributed by atoms with Crippen LogP contribution in [0.5, 0.6) is 0 Å². The van der Waals surface area contributed by atoms with E-state index in [0.717, 1.165) is 12.8 Å². The van der Waals surface area contributed by atoms with Crippen LogP contribution in [0.1, 0.15) is 52.0 Å². The zero-order valence-electron chi connectivity index (χ0n) is 17.8. The Balaban J connectivity index is 1.57. The highest BCUT2D eigenvalue weighted by Crippen LogP contribution is 2.36. The van der Waals surface area contributed by atoms with Crippen molar-refractivity contribution < 1.29 is 19.1 Å². The topological polar surface area (TPSA) is 99.5 Å². The summed E-state index contributed by atoms with van der Waals surface area (Å²) < 4.78 is 5.36. The maximum Gasteiger partial charge on any atom is 0.312 e. The van der Waals surface area contributed by atoms with Crippen molar-refractivity contribution in [2.45, 2.75) is 58.6 Å². The normalized spacial score (nSPS) is 27.3. The number of hydrogen-bond acceptors (Lipinski definition) is 5. The highest BCUT2D eigenvalue weighted by atomic mass is 16.5. The maximum absolute atomic E-state index is 12.6. The van der Waals surface area contributed by atoms with E-state index in [-0.39, 0.29) is 18.4 Å². The SMILES string of the molecule is C[C@@H]1[C@H](C)CCC[C@@H]1N1C[C@H](C(=O)O[C@@H](C)C(=O)Nc2ccccc2C#N)CC1=O. The van der Waals surface area contributed by atoms with Gasteiger partial charge in [0.15, 0.2) is 6.10 Å². The Kier molecular flexibility index (Phi) is 6.76. The molecule has 5 atom stereocenters. The maximum atomic E-state index is 12.6. The number of nitriles is 1. The van der Waals surface area contributed by atoms with Gasteiger partial charge in [-0.1, -0.05) is 38.8 Å². The van der Waals surface area contributed by atoms with Gasteiger partial charge in [-0.25, -0.2) is 0 Å². The summed E-state index contributed by atoms with van der Waals surface area (Å²) in [5.74, 6) is -0.642. The number of para-hydroxylation sites is 1. The fraction of sp³-hybridized carbons (Fsp3) is 0.565. The van der Waals surface area contributed by atoms with Gasteiger partial charge in [0, 0.05) is 19.0 Å². The Morgan fingerprint density at radius 2 is 2.00 bits per heavy atom. The Bertz CT molecular complexity index is 862. The third-order valence-electron chi connectivity index (χ3n) is 6.52. The lowest BCUT2D eigenvalue weighted by molar-refractivity contribution is -0.157. The first-order valence-corrected chi connectivity index (χ1v) is 10.6. The van der Waals surface area contributed by atoms with Crippen LogP contribution in [0, 0.1) is 29.1 Å². The van der Waals surface area contributed by atoms with Crippen LogP contribution >= 0.6 is 0 Å². The molecule has 1 aliphatic carbocycles. The number of carbonyl (C=O) groups excluding carboxylic acids is 3. The molecule has 1 aromatic rings.